The van der Waals surface area contributed by atoms with Gasteiger partial charge in [0.15, 0.2) is 4.32 Å². The van der Waals surface area contributed by atoms with Crippen LogP contribution >= 0.6 is 35.3 Å². The Hall–Kier alpha value is -3.20. The smallest absolute Gasteiger partial charge is 0.270 e. The molecule has 0 N–H and O–H groups in total. The Bertz CT molecular complexity index is 1330. The van der Waals surface area contributed by atoms with Crippen molar-refractivity contribution in [3.63, 3.8) is 0 Å². The number of nitrogens with zero attached hydrogens (tertiary/aromatic N) is 3. The zero-order chi connectivity index (χ0) is 22.8. The second-order valence-corrected chi connectivity index (χ2v) is 9.76. The summed E-state index contributed by atoms with van der Waals surface area (Å²) in [5, 5.41) is 6.83. The molecule has 5 rings (SSSR count). The molecule has 1 aliphatic rings. The fourth-order valence-corrected chi connectivity index (χ4v) is 5.52. The molecule has 33 heavy (non-hydrogen) atoms. The summed E-state index contributed by atoms with van der Waals surface area (Å²) >= 11 is 8.47. The highest BCUT2D eigenvalue weighted by atomic mass is 32.2. The van der Waals surface area contributed by atoms with Crippen molar-refractivity contribution in [3.05, 3.63) is 88.8 Å². The largest absolute Gasteiger partial charge is 0.494 e. The summed E-state index contributed by atoms with van der Waals surface area (Å²) in [6.45, 7) is 2.53. The van der Waals surface area contributed by atoms with Gasteiger partial charge in [-0.25, -0.2) is 4.68 Å². The number of aromatic nitrogens is 2. The summed E-state index contributed by atoms with van der Waals surface area (Å²) in [6, 6.07) is 21.3. The van der Waals surface area contributed by atoms with Gasteiger partial charge in [0.2, 0.25) is 0 Å². The normalized spacial score (nSPS) is 14.9. The molecule has 1 saturated heterocycles. The van der Waals surface area contributed by atoms with E-state index < -0.39 is 0 Å². The third-order valence-corrected chi connectivity index (χ3v) is 7.18. The number of carbonyl (C=O) groups excluding carboxylic acids is 1. The molecule has 1 fully saturated rings. The highest BCUT2D eigenvalue weighted by molar-refractivity contribution is 8.27. The maximum absolute atomic E-state index is 13.3. The first kappa shape index (κ1) is 21.6. The van der Waals surface area contributed by atoms with Gasteiger partial charge >= 0.3 is 0 Å². The monoisotopic (exact) mass is 489 g/mol. The number of thiophene rings is 1. The van der Waals surface area contributed by atoms with E-state index in [0.29, 0.717) is 15.8 Å². The Balaban J connectivity index is 1.50. The average Bonchev–Trinajstić information content (AvgIpc) is 3.56. The zero-order valence-corrected chi connectivity index (χ0v) is 20.1. The summed E-state index contributed by atoms with van der Waals surface area (Å²) < 4.78 is 7.85. The molecule has 1 amide bonds. The number of thioether (sulfide) groups is 1. The van der Waals surface area contributed by atoms with Crippen molar-refractivity contribution in [1.82, 2.24) is 9.78 Å². The molecule has 0 saturated carbocycles. The van der Waals surface area contributed by atoms with Crippen molar-refractivity contribution in [2.45, 2.75) is 6.92 Å². The third-order valence-electron chi connectivity index (χ3n) is 5.00. The second-order valence-electron chi connectivity index (χ2n) is 7.13. The molecule has 3 heterocycles. The van der Waals surface area contributed by atoms with Gasteiger partial charge in [0.1, 0.15) is 11.4 Å². The number of thiocarbonyl (C=S) groups is 1. The molecule has 0 unspecified atom stereocenters. The number of benzene rings is 2. The van der Waals surface area contributed by atoms with Crippen LogP contribution in [0.15, 0.2) is 83.2 Å². The lowest BCUT2D eigenvalue weighted by Gasteiger charge is -2.15. The van der Waals surface area contributed by atoms with Gasteiger partial charge in [-0.15, -0.1) is 11.3 Å². The summed E-state index contributed by atoms with van der Waals surface area (Å²) in [6.07, 6.45) is 3.84. The molecule has 1 aliphatic heterocycles. The maximum atomic E-state index is 13.3. The van der Waals surface area contributed by atoms with Gasteiger partial charge in [0, 0.05) is 11.8 Å². The molecule has 4 aromatic rings. The highest BCUT2D eigenvalue weighted by Crippen LogP contribution is 2.38. The van der Waals surface area contributed by atoms with Crippen molar-refractivity contribution in [3.8, 4) is 22.0 Å². The minimum Gasteiger partial charge on any atom is -0.494 e. The topological polar surface area (TPSA) is 47.4 Å². The quantitative estimate of drug-likeness (QED) is 0.231. The van der Waals surface area contributed by atoms with Crippen LogP contribution < -0.4 is 9.64 Å². The van der Waals surface area contributed by atoms with E-state index in [2.05, 4.69) is 0 Å². The molecular weight excluding hydrogens is 470 g/mol. The van der Waals surface area contributed by atoms with E-state index >= 15 is 0 Å². The number of ether oxygens (including phenoxy) is 1. The van der Waals surface area contributed by atoms with Crippen LogP contribution in [-0.4, -0.2) is 26.6 Å². The lowest BCUT2D eigenvalue weighted by atomic mass is 10.2. The zero-order valence-electron chi connectivity index (χ0n) is 17.7. The predicted octanol–water partition coefficient (Wildman–Crippen LogP) is 6.41. The fraction of sp³-hybridized carbons (Fsp3) is 0.0800. The van der Waals surface area contributed by atoms with Crippen molar-refractivity contribution in [1.29, 1.82) is 0 Å². The van der Waals surface area contributed by atoms with Gasteiger partial charge in [-0.2, -0.15) is 5.10 Å². The van der Waals surface area contributed by atoms with Crippen LogP contribution in [0.2, 0.25) is 0 Å². The van der Waals surface area contributed by atoms with Crippen LogP contribution in [0.3, 0.4) is 0 Å². The lowest BCUT2D eigenvalue weighted by Crippen LogP contribution is -2.27. The van der Waals surface area contributed by atoms with E-state index in [4.69, 9.17) is 22.1 Å². The van der Waals surface area contributed by atoms with Crippen LogP contribution in [0.4, 0.5) is 5.69 Å². The Kier molecular flexibility index (Phi) is 6.13. The van der Waals surface area contributed by atoms with Gasteiger partial charge < -0.3 is 4.74 Å². The van der Waals surface area contributed by atoms with Crippen molar-refractivity contribution in [2.24, 2.45) is 0 Å². The number of rotatable bonds is 6. The standard InChI is InChI=1S/C25H19N3O2S3/c1-2-30-20-12-10-19(11-13-20)28-24(29)22(33-25(28)31)15-17-16-27(18-7-4-3-5-8-18)26-23(17)21-9-6-14-32-21/h3-16H,2H2,1H3/b22-15+. The van der Waals surface area contributed by atoms with Crippen molar-refractivity contribution < 1.29 is 9.53 Å². The third kappa shape index (κ3) is 4.37. The number of amides is 1. The van der Waals surface area contributed by atoms with Crippen molar-refractivity contribution >= 4 is 57.3 Å². The molecule has 164 valence electrons. The maximum Gasteiger partial charge on any atom is 0.270 e. The first-order valence-corrected chi connectivity index (χ1v) is 12.4. The van der Waals surface area contributed by atoms with E-state index in [1.165, 1.54) is 11.8 Å². The molecule has 0 radical (unpaired) electrons. The number of carbonyl (C=O) groups is 1. The molecule has 0 aliphatic carbocycles. The molecule has 0 atom stereocenters. The predicted molar refractivity (Wildman–Crippen MR) is 140 cm³/mol. The first-order chi connectivity index (χ1) is 16.1. The van der Waals surface area contributed by atoms with E-state index in [1.54, 1.807) is 16.2 Å². The summed E-state index contributed by atoms with van der Waals surface area (Å²) in [5.41, 5.74) is 3.38. The van der Waals surface area contributed by atoms with Gasteiger partial charge in [0.25, 0.3) is 5.91 Å². The number of hydrogen-bond acceptors (Lipinski definition) is 6. The van der Waals surface area contributed by atoms with Crippen molar-refractivity contribution in [2.75, 3.05) is 11.5 Å². The fourth-order valence-electron chi connectivity index (χ4n) is 3.50. The van der Waals surface area contributed by atoms with Crippen LogP contribution in [0.1, 0.15) is 12.5 Å². The molecule has 0 spiro atoms. The van der Waals surface area contributed by atoms with Crippen LogP contribution in [-0.2, 0) is 4.79 Å². The molecular formula is C25H19N3O2S3. The first-order valence-electron chi connectivity index (χ1n) is 10.3. The second kappa shape index (κ2) is 9.35. The van der Waals surface area contributed by atoms with E-state index in [1.807, 2.05) is 96.0 Å². The Labute approximate surface area is 205 Å². The summed E-state index contributed by atoms with van der Waals surface area (Å²) in [5.74, 6) is 0.620. The molecule has 5 nitrogen and oxygen atoms in total. The highest BCUT2D eigenvalue weighted by Gasteiger charge is 2.33. The van der Waals surface area contributed by atoms with E-state index in [9.17, 15) is 4.79 Å². The van der Waals surface area contributed by atoms with Crippen LogP contribution in [0.5, 0.6) is 5.75 Å². The minimum atomic E-state index is -0.140. The van der Waals surface area contributed by atoms with Crippen LogP contribution in [0, 0.1) is 0 Å². The van der Waals surface area contributed by atoms with E-state index in [-0.39, 0.29) is 5.91 Å². The number of hydrogen-bond donors (Lipinski definition) is 0. The van der Waals surface area contributed by atoms with Crippen LogP contribution in [0.25, 0.3) is 22.3 Å². The average molecular weight is 490 g/mol. The molecule has 0 bridgehead atoms. The number of para-hydroxylation sites is 1. The molecule has 8 heteroatoms. The van der Waals surface area contributed by atoms with Gasteiger partial charge in [-0.3, -0.25) is 9.69 Å². The molecule has 2 aromatic heterocycles. The summed E-state index contributed by atoms with van der Waals surface area (Å²) in [7, 11) is 0. The molecule has 2 aromatic carbocycles. The summed E-state index contributed by atoms with van der Waals surface area (Å²) in [4.78, 5) is 16.5. The Morgan fingerprint density at radius 2 is 1.82 bits per heavy atom. The van der Waals surface area contributed by atoms with E-state index in [0.717, 1.165) is 33.3 Å². The Morgan fingerprint density at radius 3 is 2.52 bits per heavy atom. The lowest BCUT2D eigenvalue weighted by molar-refractivity contribution is -0.113. The SMILES string of the molecule is CCOc1ccc(N2C(=O)/C(=C\c3cn(-c4ccccc4)nc3-c3cccs3)SC2=S)cc1. The Morgan fingerprint density at radius 1 is 1.03 bits per heavy atom. The van der Waals surface area contributed by atoms with Gasteiger partial charge in [-0.1, -0.05) is 48.2 Å². The van der Waals surface area contributed by atoms with Gasteiger partial charge in [0.05, 0.1) is 27.8 Å². The number of anilines is 1. The minimum absolute atomic E-state index is 0.140. The van der Waals surface area contributed by atoms with Gasteiger partial charge in [-0.05, 0) is 60.8 Å².